The number of nitrogens with zero attached hydrogens (tertiary/aromatic N) is 2. The number of nitrogens with one attached hydrogen (secondary N) is 1. The van der Waals surface area contributed by atoms with Gasteiger partial charge in [-0.1, -0.05) is 63.9 Å². The summed E-state index contributed by atoms with van der Waals surface area (Å²) in [5.41, 5.74) is 12.2. The fraction of sp³-hybridized carbons (Fsp3) is 0.621. The Labute approximate surface area is 204 Å². The van der Waals surface area contributed by atoms with Gasteiger partial charge in [-0.05, 0) is 68.1 Å². The number of hydrogen-bond acceptors (Lipinski definition) is 4. The van der Waals surface area contributed by atoms with E-state index in [1.807, 2.05) is 6.07 Å². The summed E-state index contributed by atoms with van der Waals surface area (Å²) in [5.74, 6) is 2.11. The predicted molar refractivity (Wildman–Crippen MR) is 139 cm³/mol. The van der Waals surface area contributed by atoms with E-state index in [1.165, 1.54) is 76.2 Å². The monoisotopic (exact) mass is 460 g/mol. The fourth-order valence-electron chi connectivity index (χ4n) is 6.30. The minimum Gasteiger partial charge on any atom is -0.399 e. The van der Waals surface area contributed by atoms with Crippen molar-refractivity contribution in [3.8, 4) is 11.3 Å². The first kappa shape index (κ1) is 23.3. The van der Waals surface area contributed by atoms with Crippen molar-refractivity contribution in [2.45, 2.75) is 103 Å². The first-order chi connectivity index (χ1) is 16.7. The van der Waals surface area contributed by atoms with Crippen LogP contribution in [0.2, 0.25) is 0 Å². The summed E-state index contributed by atoms with van der Waals surface area (Å²) in [6, 6.07) is 6.12. The van der Waals surface area contributed by atoms with E-state index in [2.05, 4.69) is 17.4 Å². The van der Waals surface area contributed by atoms with Crippen molar-refractivity contribution in [2.75, 3.05) is 11.1 Å². The van der Waals surface area contributed by atoms with E-state index in [9.17, 15) is 4.79 Å². The maximum Gasteiger partial charge on any atom is 0.225 e. The molecule has 1 heterocycles. The Balaban J connectivity index is 1.38. The van der Waals surface area contributed by atoms with Gasteiger partial charge in [-0.3, -0.25) is 4.79 Å². The summed E-state index contributed by atoms with van der Waals surface area (Å²) in [6.45, 7) is 0. The summed E-state index contributed by atoms with van der Waals surface area (Å²) in [6.07, 6.45) is 18.6. The van der Waals surface area contributed by atoms with Crippen LogP contribution in [0.25, 0.3) is 11.3 Å². The average Bonchev–Trinajstić information content (AvgIpc) is 3.11. The number of carbonyl (C=O) groups excluding carboxylic acids is 1. The van der Waals surface area contributed by atoms with Gasteiger partial charge in [0.25, 0.3) is 0 Å². The predicted octanol–water partition coefficient (Wildman–Crippen LogP) is 6.64. The van der Waals surface area contributed by atoms with E-state index in [-0.39, 0.29) is 5.91 Å². The highest BCUT2D eigenvalue weighted by Gasteiger charge is 2.24. The number of nitrogens with two attached hydrogens (primary N) is 1. The molecule has 3 aliphatic carbocycles. The molecule has 5 heteroatoms. The Hall–Kier alpha value is -2.43. The van der Waals surface area contributed by atoms with E-state index in [1.54, 1.807) is 0 Å². The molecule has 0 saturated heterocycles. The zero-order chi connectivity index (χ0) is 23.3. The molecule has 0 spiro atoms. The quantitative estimate of drug-likeness (QED) is 0.374. The minimum absolute atomic E-state index is 0.115. The maximum absolute atomic E-state index is 13.1. The van der Waals surface area contributed by atoms with Crippen LogP contribution in [0, 0.1) is 11.8 Å². The van der Waals surface area contributed by atoms with Crippen LogP contribution in [0.3, 0.4) is 0 Å². The van der Waals surface area contributed by atoms with Gasteiger partial charge in [0, 0.05) is 17.7 Å². The molecule has 2 fully saturated rings. The van der Waals surface area contributed by atoms with Gasteiger partial charge in [0.1, 0.15) is 0 Å². The molecule has 34 heavy (non-hydrogen) atoms. The third-order valence-electron chi connectivity index (χ3n) is 8.28. The first-order valence-electron chi connectivity index (χ1n) is 13.7. The Morgan fingerprint density at radius 3 is 2.38 bits per heavy atom. The highest BCUT2D eigenvalue weighted by molar-refractivity contribution is 5.90. The number of carbonyl (C=O) groups is 1. The summed E-state index contributed by atoms with van der Waals surface area (Å²) in [5, 5.41) is 3.22. The lowest BCUT2D eigenvalue weighted by atomic mass is 9.85. The van der Waals surface area contributed by atoms with E-state index in [0.717, 1.165) is 59.9 Å². The Kier molecular flexibility index (Phi) is 7.46. The van der Waals surface area contributed by atoms with E-state index < -0.39 is 0 Å². The van der Waals surface area contributed by atoms with E-state index >= 15 is 0 Å². The highest BCUT2D eigenvalue weighted by atomic mass is 16.1. The van der Waals surface area contributed by atoms with Crippen molar-refractivity contribution >= 4 is 17.4 Å². The molecule has 1 amide bonds. The fourth-order valence-corrected chi connectivity index (χ4v) is 6.30. The Morgan fingerprint density at radius 2 is 1.62 bits per heavy atom. The van der Waals surface area contributed by atoms with E-state index in [0.29, 0.717) is 18.2 Å². The zero-order valence-corrected chi connectivity index (χ0v) is 20.6. The van der Waals surface area contributed by atoms with Crippen LogP contribution in [0.1, 0.15) is 100 Å². The van der Waals surface area contributed by atoms with Gasteiger partial charge in [-0.25, -0.2) is 9.97 Å². The van der Waals surface area contributed by atoms with Crippen molar-refractivity contribution in [3.05, 3.63) is 35.2 Å². The largest absolute Gasteiger partial charge is 0.399 e. The normalized spacial score (nSPS) is 19.2. The molecule has 0 bridgehead atoms. The van der Waals surface area contributed by atoms with Gasteiger partial charge in [-0.2, -0.15) is 0 Å². The van der Waals surface area contributed by atoms with Crippen LogP contribution >= 0.6 is 0 Å². The lowest BCUT2D eigenvalue weighted by molar-refractivity contribution is -0.117. The summed E-state index contributed by atoms with van der Waals surface area (Å²) in [4.78, 5) is 23.3. The molecule has 0 aliphatic heterocycles. The number of anilines is 2. The second-order valence-electron chi connectivity index (χ2n) is 10.9. The number of fused-ring (bicyclic) bond motifs is 3. The van der Waals surface area contributed by atoms with Gasteiger partial charge in [0.15, 0.2) is 5.82 Å². The van der Waals surface area contributed by atoms with Crippen LogP contribution < -0.4 is 11.1 Å². The molecule has 0 unspecified atom stereocenters. The molecule has 5 nitrogen and oxygen atoms in total. The van der Waals surface area contributed by atoms with E-state index in [4.69, 9.17) is 15.7 Å². The maximum atomic E-state index is 13.1. The van der Waals surface area contributed by atoms with Crippen LogP contribution in [0.5, 0.6) is 0 Å². The van der Waals surface area contributed by atoms with Gasteiger partial charge < -0.3 is 11.1 Å². The topological polar surface area (TPSA) is 80.9 Å². The number of amides is 1. The molecule has 2 saturated carbocycles. The third-order valence-corrected chi connectivity index (χ3v) is 8.28. The van der Waals surface area contributed by atoms with Crippen LogP contribution in [-0.4, -0.2) is 15.9 Å². The molecule has 182 valence electrons. The van der Waals surface area contributed by atoms with Gasteiger partial charge in [-0.15, -0.1) is 0 Å². The smallest absolute Gasteiger partial charge is 0.225 e. The zero-order valence-electron chi connectivity index (χ0n) is 20.6. The van der Waals surface area contributed by atoms with Crippen molar-refractivity contribution in [2.24, 2.45) is 11.8 Å². The SMILES string of the molecule is Nc1ccc2c(c1)CCc1nc(NC(=O)CC3CCCCCC3)c(CCC3CCCCC3)nc1-2. The lowest BCUT2D eigenvalue weighted by Crippen LogP contribution is -2.21. The van der Waals surface area contributed by atoms with Gasteiger partial charge in [0.2, 0.25) is 5.91 Å². The summed E-state index contributed by atoms with van der Waals surface area (Å²) >= 11 is 0. The molecular weight excluding hydrogens is 420 g/mol. The summed E-state index contributed by atoms with van der Waals surface area (Å²) in [7, 11) is 0. The Bertz CT molecular complexity index is 1000. The van der Waals surface area contributed by atoms with Crippen molar-refractivity contribution in [3.63, 3.8) is 0 Å². The van der Waals surface area contributed by atoms with Crippen LogP contribution in [0.4, 0.5) is 11.5 Å². The number of hydrogen-bond donors (Lipinski definition) is 2. The molecule has 2 aromatic rings. The Morgan fingerprint density at radius 1 is 0.912 bits per heavy atom. The minimum atomic E-state index is 0.115. The van der Waals surface area contributed by atoms with Crippen LogP contribution in [-0.2, 0) is 24.1 Å². The molecular formula is C29H40N4O. The average molecular weight is 461 g/mol. The molecule has 0 atom stereocenters. The lowest BCUT2D eigenvalue weighted by Gasteiger charge is -2.24. The molecule has 3 aliphatic rings. The molecule has 5 rings (SSSR count). The van der Waals surface area contributed by atoms with Gasteiger partial charge in [0.05, 0.1) is 17.1 Å². The number of benzene rings is 1. The molecule has 1 aromatic heterocycles. The molecule has 3 N–H and O–H groups in total. The first-order valence-corrected chi connectivity index (χ1v) is 13.7. The second kappa shape index (κ2) is 10.9. The van der Waals surface area contributed by atoms with Crippen LogP contribution in [0.15, 0.2) is 18.2 Å². The highest BCUT2D eigenvalue weighted by Crippen LogP contribution is 2.35. The third kappa shape index (κ3) is 5.61. The second-order valence-corrected chi connectivity index (χ2v) is 10.9. The molecule has 1 aromatic carbocycles. The van der Waals surface area contributed by atoms with Crippen molar-refractivity contribution in [1.82, 2.24) is 9.97 Å². The number of aromatic nitrogens is 2. The van der Waals surface area contributed by atoms with Crippen molar-refractivity contribution < 1.29 is 4.79 Å². The van der Waals surface area contributed by atoms with Gasteiger partial charge >= 0.3 is 0 Å². The summed E-state index contributed by atoms with van der Waals surface area (Å²) < 4.78 is 0. The standard InChI is InChI=1S/C29H40N4O/c30-23-14-15-24-22(19-23)13-17-25-28(24)31-26(16-12-20-8-6-3-7-9-20)29(32-25)33-27(34)18-21-10-4-1-2-5-11-21/h14-15,19-21H,1-13,16-18,30H2,(H,32,33,34). The number of aryl methyl sites for hydroxylation is 3. The number of nitrogen functional groups attached to an aromatic ring is 1. The molecule has 0 radical (unpaired) electrons. The number of rotatable bonds is 6. The van der Waals surface area contributed by atoms with Crippen molar-refractivity contribution in [1.29, 1.82) is 0 Å².